The minimum absolute atomic E-state index is 0.378. The maximum atomic E-state index is 5.42. The lowest BCUT2D eigenvalue weighted by molar-refractivity contribution is 0.0327. The molecule has 1 saturated carbocycles. The van der Waals surface area contributed by atoms with Gasteiger partial charge in [0.2, 0.25) is 0 Å². The zero-order chi connectivity index (χ0) is 12.4. The number of aromatic nitrogens is 2. The van der Waals surface area contributed by atoms with Crippen LogP contribution in [0.5, 0.6) is 0 Å². The molecular weight excluding hydrogens is 218 g/mol. The first-order chi connectivity index (χ1) is 8.13. The number of nitrogens with one attached hydrogen (secondary N) is 2. The molecule has 1 aromatic heterocycles. The number of aryl methyl sites for hydroxylation is 1. The Balaban J connectivity index is 2.08. The van der Waals surface area contributed by atoms with Crippen LogP contribution < -0.4 is 16.6 Å². The molecule has 0 radical (unpaired) electrons. The van der Waals surface area contributed by atoms with Crippen LogP contribution in [0.25, 0.3) is 0 Å². The third-order valence-electron chi connectivity index (χ3n) is 3.16. The zero-order valence-electron chi connectivity index (χ0n) is 10.4. The number of nitrogens with zero attached hydrogens (tertiary/aromatic N) is 2. The van der Waals surface area contributed by atoms with Crippen LogP contribution in [0, 0.1) is 13.8 Å². The Morgan fingerprint density at radius 2 is 1.88 bits per heavy atom. The monoisotopic (exact) mass is 237 g/mol. The number of rotatable bonds is 4. The van der Waals surface area contributed by atoms with Crippen molar-refractivity contribution < 1.29 is 4.74 Å². The summed E-state index contributed by atoms with van der Waals surface area (Å²) in [6, 6.07) is 0.429. The molecule has 17 heavy (non-hydrogen) atoms. The Kier molecular flexibility index (Phi) is 3.44. The molecule has 2 rings (SSSR count). The quantitative estimate of drug-likeness (QED) is 0.534. The Bertz CT molecular complexity index is 403. The fourth-order valence-electron chi connectivity index (χ4n) is 1.98. The second kappa shape index (κ2) is 4.85. The fourth-order valence-corrected chi connectivity index (χ4v) is 1.98. The van der Waals surface area contributed by atoms with E-state index < -0.39 is 0 Å². The van der Waals surface area contributed by atoms with Gasteiger partial charge in [0.05, 0.1) is 6.10 Å². The molecule has 0 spiro atoms. The van der Waals surface area contributed by atoms with Crippen molar-refractivity contribution >= 4 is 11.6 Å². The van der Waals surface area contributed by atoms with Crippen LogP contribution in [-0.2, 0) is 4.74 Å². The number of ether oxygens (including phenoxy) is 1. The summed E-state index contributed by atoms with van der Waals surface area (Å²) in [5.74, 6) is 7.64. The first kappa shape index (κ1) is 12.1. The number of hydrazine groups is 1. The molecular formula is C11H19N5O. The maximum absolute atomic E-state index is 5.42. The van der Waals surface area contributed by atoms with Gasteiger partial charge in [-0.25, -0.2) is 15.8 Å². The lowest BCUT2D eigenvalue weighted by Gasteiger charge is -2.35. The van der Waals surface area contributed by atoms with Gasteiger partial charge in [-0.2, -0.15) is 0 Å². The summed E-state index contributed by atoms with van der Waals surface area (Å²) in [5.41, 5.74) is 3.53. The molecule has 0 amide bonds. The second-order valence-corrected chi connectivity index (χ2v) is 4.41. The van der Waals surface area contributed by atoms with Crippen LogP contribution in [0.3, 0.4) is 0 Å². The van der Waals surface area contributed by atoms with Crippen LogP contribution in [0.15, 0.2) is 0 Å². The van der Waals surface area contributed by atoms with Gasteiger partial charge in [-0.05, 0) is 26.7 Å². The summed E-state index contributed by atoms with van der Waals surface area (Å²) in [5, 5.41) is 3.40. The highest BCUT2D eigenvalue weighted by atomic mass is 16.5. The van der Waals surface area contributed by atoms with Crippen molar-refractivity contribution in [2.45, 2.75) is 38.8 Å². The number of anilines is 2. The summed E-state index contributed by atoms with van der Waals surface area (Å²) in [7, 11) is 1.75. The largest absolute Gasteiger partial charge is 0.381 e. The lowest BCUT2D eigenvalue weighted by Crippen LogP contribution is -2.40. The topological polar surface area (TPSA) is 85.1 Å². The summed E-state index contributed by atoms with van der Waals surface area (Å²) in [4.78, 5) is 8.62. The SMILES string of the molecule is COC1CC(Nc2nc(C)nc(NN)c2C)C1. The van der Waals surface area contributed by atoms with Crippen molar-refractivity contribution in [3.8, 4) is 0 Å². The van der Waals surface area contributed by atoms with Crippen molar-refractivity contribution in [3.63, 3.8) is 0 Å². The highest BCUT2D eigenvalue weighted by Gasteiger charge is 2.29. The van der Waals surface area contributed by atoms with Gasteiger partial charge in [-0.15, -0.1) is 0 Å². The van der Waals surface area contributed by atoms with Gasteiger partial charge < -0.3 is 15.5 Å². The smallest absolute Gasteiger partial charge is 0.148 e. The molecule has 1 heterocycles. The molecule has 1 fully saturated rings. The summed E-state index contributed by atoms with van der Waals surface area (Å²) in [6.07, 6.45) is 2.41. The van der Waals surface area contributed by atoms with E-state index in [-0.39, 0.29) is 0 Å². The average molecular weight is 237 g/mol. The predicted molar refractivity (Wildman–Crippen MR) is 66.8 cm³/mol. The van der Waals surface area contributed by atoms with Gasteiger partial charge >= 0.3 is 0 Å². The Labute approximate surface area is 101 Å². The highest BCUT2D eigenvalue weighted by molar-refractivity contribution is 5.57. The molecule has 0 aromatic carbocycles. The van der Waals surface area contributed by atoms with E-state index in [1.54, 1.807) is 7.11 Å². The Morgan fingerprint density at radius 1 is 1.24 bits per heavy atom. The number of methoxy groups -OCH3 is 1. The molecule has 1 aliphatic rings. The molecule has 6 nitrogen and oxygen atoms in total. The van der Waals surface area contributed by atoms with Crippen LogP contribution in [-0.4, -0.2) is 29.2 Å². The van der Waals surface area contributed by atoms with E-state index in [0.29, 0.717) is 23.8 Å². The molecule has 0 bridgehead atoms. The first-order valence-corrected chi connectivity index (χ1v) is 5.75. The molecule has 0 aliphatic heterocycles. The number of hydrogen-bond donors (Lipinski definition) is 3. The normalized spacial score (nSPS) is 23.1. The van der Waals surface area contributed by atoms with Crippen LogP contribution in [0.4, 0.5) is 11.6 Å². The fraction of sp³-hybridized carbons (Fsp3) is 0.636. The molecule has 6 heteroatoms. The van der Waals surface area contributed by atoms with E-state index in [0.717, 1.165) is 24.2 Å². The van der Waals surface area contributed by atoms with Gasteiger partial charge in [0.25, 0.3) is 0 Å². The predicted octanol–water partition coefficient (Wildman–Crippen LogP) is 0.968. The Morgan fingerprint density at radius 3 is 2.47 bits per heavy atom. The number of hydrogen-bond acceptors (Lipinski definition) is 6. The third kappa shape index (κ3) is 2.48. The van der Waals surface area contributed by atoms with E-state index in [2.05, 4.69) is 20.7 Å². The summed E-state index contributed by atoms with van der Waals surface area (Å²) >= 11 is 0. The molecule has 0 unspecified atom stereocenters. The first-order valence-electron chi connectivity index (χ1n) is 5.75. The Hall–Kier alpha value is -1.40. The van der Waals surface area contributed by atoms with Crippen LogP contribution >= 0.6 is 0 Å². The van der Waals surface area contributed by atoms with Crippen LogP contribution in [0.2, 0.25) is 0 Å². The molecule has 1 aromatic rings. The van der Waals surface area contributed by atoms with Gasteiger partial charge in [-0.1, -0.05) is 0 Å². The van der Waals surface area contributed by atoms with E-state index in [4.69, 9.17) is 10.6 Å². The summed E-state index contributed by atoms with van der Waals surface area (Å²) in [6.45, 7) is 3.80. The molecule has 1 aliphatic carbocycles. The summed E-state index contributed by atoms with van der Waals surface area (Å²) < 4.78 is 5.25. The lowest BCUT2D eigenvalue weighted by atomic mass is 9.89. The van der Waals surface area contributed by atoms with Crippen molar-refractivity contribution in [1.82, 2.24) is 9.97 Å². The average Bonchev–Trinajstić information content (AvgIpc) is 2.26. The van der Waals surface area contributed by atoms with Gasteiger partial charge in [0.1, 0.15) is 17.5 Å². The standard InChI is InChI=1S/C11H19N5O/c1-6-10(13-7(2)14-11(6)16-12)15-8-4-9(5-8)17-3/h8-9H,4-5,12H2,1-3H3,(H2,13,14,15,16). The van der Waals surface area contributed by atoms with Crippen LogP contribution in [0.1, 0.15) is 24.2 Å². The molecule has 4 N–H and O–H groups in total. The minimum Gasteiger partial charge on any atom is -0.381 e. The van der Waals surface area contributed by atoms with Gasteiger partial charge in [0, 0.05) is 18.7 Å². The molecule has 0 atom stereocenters. The van der Waals surface area contributed by atoms with E-state index >= 15 is 0 Å². The van der Waals surface area contributed by atoms with Crippen molar-refractivity contribution in [1.29, 1.82) is 0 Å². The third-order valence-corrected chi connectivity index (χ3v) is 3.16. The maximum Gasteiger partial charge on any atom is 0.148 e. The van der Waals surface area contributed by atoms with Gasteiger partial charge in [-0.3, -0.25) is 0 Å². The number of nitrogen functional groups attached to an aromatic ring is 1. The zero-order valence-corrected chi connectivity index (χ0v) is 10.4. The van der Waals surface area contributed by atoms with Crippen molar-refractivity contribution in [2.75, 3.05) is 17.9 Å². The van der Waals surface area contributed by atoms with E-state index in [1.165, 1.54) is 0 Å². The molecule has 0 saturated heterocycles. The second-order valence-electron chi connectivity index (χ2n) is 4.41. The van der Waals surface area contributed by atoms with Crippen molar-refractivity contribution in [3.05, 3.63) is 11.4 Å². The van der Waals surface area contributed by atoms with E-state index in [9.17, 15) is 0 Å². The number of nitrogens with two attached hydrogens (primary N) is 1. The van der Waals surface area contributed by atoms with Gasteiger partial charge in [0.15, 0.2) is 0 Å². The van der Waals surface area contributed by atoms with Crippen molar-refractivity contribution in [2.24, 2.45) is 5.84 Å². The highest BCUT2D eigenvalue weighted by Crippen LogP contribution is 2.28. The van der Waals surface area contributed by atoms with E-state index in [1.807, 2.05) is 13.8 Å². The minimum atomic E-state index is 0.378. The molecule has 94 valence electrons.